The zero-order valence-electron chi connectivity index (χ0n) is 18.8. The molecule has 0 spiro atoms. The Morgan fingerprint density at radius 1 is 0.886 bits per heavy atom. The standard InChI is InChI=1S/C27H22FN5O2/c28-22-6-3-5-21(15-22)19-35-24-10-8-20(9-11-24)17-32(18-23-7-1-2-12-29-23)27(34)25-16-26-30-13-4-14-33(26)31-25/h1-16H,17-19H2. The molecule has 0 aliphatic carbocycles. The van der Waals surface area contributed by atoms with Crippen molar-refractivity contribution in [1.82, 2.24) is 24.5 Å². The van der Waals surface area contributed by atoms with Crippen LogP contribution < -0.4 is 4.74 Å². The third-order valence-corrected chi connectivity index (χ3v) is 5.41. The third kappa shape index (κ3) is 5.50. The first-order valence-corrected chi connectivity index (χ1v) is 11.1. The molecule has 0 saturated heterocycles. The molecule has 5 aromatic rings. The van der Waals surface area contributed by atoms with Gasteiger partial charge in [-0.25, -0.2) is 13.9 Å². The van der Waals surface area contributed by atoms with Crippen molar-refractivity contribution in [2.45, 2.75) is 19.7 Å². The van der Waals surface area contributed by atoms with Crippen LogP contribution in [0.3, 0.4) is 0 Å². The molecular formula is C27H22FN5O2. The predicted molar refractivity (Wildman–Crippen MR) is 128 cm³/mol. The van der Waals surface area contributed by atoms with E-state index in [0.717, 1.165) is 16.8 Å². The van der Waals surface area contributed by atoms with Crippen molar-refractivity contribution in [3.05, 3.63) is 126 Å². The number of ether oxygens (including phenoxy) is 1. The fourth-order valence-corrected chi connectivity index (χ4v) is 3.69. The number of hydrogen-bond acceptors (Lipinski definition) is 5. The molecule has 0 aliphatic heterocycles. The summed E-state index contributed by atoms with van der Waals surface area (Å²) in [6.07, 6.45) is 5.12. The van der Waals surface area contributed by atoms with E-state index in [0.29, 0.717) is 30.2 Å². The Hall–Kier alpha value is -4.59. The molecule has 35 heavy (non-hydrogen) atoms. The molecule has 0 saturated carbocycles. The summed E-state index contributed by atoms with van der Waals surface area (Å²) in [5.74, 6) is 0.153. The molecule has 2 aromatic carbocycles. The molecule has 3 aromatic heterocycles. The largest absolute Gasteiger partial charge is 0.489 e. The lowest BCUT2D eigenvalue weighted by atomic mass is 10.2. The van der Waals surface area contributed by atoms with Crippen molar-refractivity contribution in [3.63, 3.8) is 0 Å². The SMILES string of the molecule is O=C(c1cc2ncccn2n1)N(Cc1ccc(OCc2cccc(F)c2)cc1)Cc1ccccn1. The Labute approximate surface area is 201 Å². The molecule has 174 valence electrons. The van der Waals surface area contributed by atoms with Gasteiger partial charge in [-0.2, -0.15) is 5.10 Å². The van der Waals surface area contributed by atoms with Crippen LogP contribution in [0.2, 0.25) is 0 Å². The maximum absolute atomic E-state index is 13.4. The van der Waals surface area contributed by atoms with Crippen molar-refractivity contribution in [1.29, 1.82) is 0 Å². The minimum absolute atomic E-state index is 0.215. The minimum atomic E-state index is -0.291. The first kappa shape index (κ1) is 22.2. The molecule has 5 rings (SSSR count). The summed E-state index contributed by atoms with van der Waals surface area (Å²) in [6.45, 7) is 0.961. The number of fused-ring (bicyclic) bond motifs is 1. The molecule has 0 fully saturated rings. The molecule has 0 unspecified atom stereocenters. The van der Waals surface area contributed by atoms with Crippen LogP contribution in [-0.2, 0) is 19.7 Å². The van der Waals surface area contributed by atoms with Crippen molar-refractivity contribution < 1.29 is 13.9 Å². The summed E-state index contributed by atoms with van der Waals surface area (Å²) < 4.78 is 20.7. The zero-order valence-corrected chi connectivity index (χ0v) is 18.8. The van der Waals surface area contributed by atoms with Crippen LogP contribution in [0.5, 0.6) is 5.75 Å². The average molecular weight is 468 g/mol. The van der Waals surface area contributed by atoms with E-state index in [4.69, 9.17) is 4.74 Å². The van der Waals surface area contributed by atoms with Crippen LogP contribution in [0.15, 0.2) is 97.5 Å². The lowest BCUT2D eigenvalue weighted by molar-refractivity contribution is 0.0721. The highest BCUT2D eigenvalue weighted by molar-refractivity contribution is 5.93. The molecule has 7 nitrogen and oxygen atoms in total. The number of carbonyl (C=O) groups is 1. The second kappa shape index (κ2) is 10.1. The van der Waals surface area contributed by atoms with Crippen LogP contribution in [0.1, 0.15) is 27.3 Å². The van der Waals surface area contributed by atoms with E-state index in [1.165, 1.54) is 12.1 Å². The first-order chi connectivity index (χ1) is 17.1. The summed E-state index contributed by atoms with van der Waals surface area (Å²) in [4.78, 5) is 23.7. The van der Waals surface area contributed by atoms with Gasteiger partial charge in [0.15, 0.2) is 11.3 Å². The monoisotopic (exact) mass is 467 g/mol. The quantitative estimate of drug-likeness (QED) is 0.331. The van der Waals surface area contributed by atoms with Gasteiger partial charge in [0.25, 0.3) is 5.91 Å². The van der Waals surface area contributed by atoms with E-state index in [1.54, 1.807) is 46.2 Å². The third-order valence-electron chi connectivity index (χ3n) is 5.41. The van der Waals surface area contributed by atoms with E-state index >= 15 is 0 Å². The molecule has 8 heteroatoms. The molecule has 0 aliphatic rings. The highest BCUT2D eigenvalue weighted by Gasteiger charge is 2.20. The Bertz CT molecular complexity index is 1400. The van der Waals surface area contributed by atoms with Gasteiger partial charge >= 0.3 is 0 Å². The number of amides is 1. The van der Waals surface area contributed by atoms with Gasteiger partial charge < -0.3 is 9.64 Å². The molecule has 0 N–H and O–H groups in total. The van der Waals surface area contributed by atoms with E-state index in [2.05, 4.69) is 15.1 Å². The van der Waals surface area contributed by atoms with Crippen LogP contribution in [0.25, 0.3) is 5.65 Å². The number of aromatic nitrogens is 4. The van der Waals surface area contributed by atoms with Gasteiger partial charge in [0.05, 0.1) is 12.2 Å². The van der Waals surface area contributed by atoms with Crippen molar-refractivity contribution in [2.24, 2.45) is 0 Å². The molecule has 3 heterocycles. The van der Waals surface area contributed by atoms with Gasteiger partial charge in [-0.1, -0.05) is 30.3 Å². The van der Waals surface area contributed by atoms with Crippen LogP contribution in [0.4, 0.5) is 4.39 Å². The average Bonchev–Trinajstić information content (AvgIpc) is 3.33. The summed E-state index contributed by atoms with van der Waals surface area (Å²) in [5, 5.41) is 4.39. The number of pyridine rings is 1. The second-order valence-corrected chi connectivity index (χ2v) is 8.00. The fraction of sp³-hybridized carbons (Fsp3) is 0.111. The lowest BCUT2D eigenvalue weighted by Gasteiger charge is -2.22. The summed E-state index contributed by atoms with van der Waals surface area (Å²) in [6, 6.07) is 22.9. The maximum Gasteiger partial charge on any atom is 0.275 e. The Morgan fingerprint density at radius 3 is 2.51 bits per heavy atom. The van der Waals surface area contributed by atoms with Crippen molar-refractivity contribution in [2.75, 3.05) is 0 Å². The number of nitrogens with zero attached hydrogens (tertiary/aromatic N) is 5. The highest BCUT2D eigenvalue weighted by Crippen LogP contribution is 2.18. The number of carbonyl (C=O) groups excluding carboxylic acids is 1. The van der Waals surface area contributed by atoms with E-state index in [-0.39, 0.29) is 18.3 Å². The highest BCUT2D eigenvalue weighted by atomic mass is 19.1. The van der Waals surface area contributed by atoms with Crippen LogP contribution in [0, 0.1) is 5.82 Å². The molecular weight excluding hydrogens is 445 g/mol. The van der Waals surface area contributed by atoms with Gasteiger partial charge in [-0.3, -0.25) is 9.78 Å². The van der Waals surface area contributed by atoms with E-state index < -0.39 is 0 Å². The van der Waals surface area contributed by atoms with Crippen LogP contribution >= 0.6 is 0 Å². The van der Waals surface area contributed by atoms with Crippen molar-refractivity contribution in [3.8, 4) is 5.75 Å². The summed E-state index contributed by atoms with van der Waals surface area (Å²) >= 11 is 0. The fourth-order valence-electron chi connectivity index (χ4n) is 3.69. The Morgan fingerprint density at radius 2 is 1.74 bits per heavy atom. The Balaban J connectivity index is 1.32. The van der Waals surface area contributed by atoms with Gasteiger partial charge in [0, 0.05) is 31.2 Å². The summed E-state index contributed by atoms with van der Waals surface area (Å²) in [7, 11) is 0. The summed E-state index contributed by atoms with van der Waals surface area (Å²) in [5.41, 5.74) is 3.37. The topological polar surface area (TPSA) is 72.6 Å². The number of benzene rings is 2. The predicted octanol–water partition coefficient (Wildman–Crippen LogP) is 4.69. The van der Waals surface area contributed by atoms with E-state index in [9.17, 15) is 9.18 Å². The van der Waals surface area contributed by atoms with Crippen molar-refractivity contribution >= 4 is 11.6 Å². The smallest absolute Gasteiger partial charge is 0.275 e. The van der Waals surface area contributed by atoms with Gasteiger partial charge in [0.2, 0.25) is 0 Å². The first-order valence-electron chi connectivity index (χ1n) is 11.1. The Kier molecular flexibility index (Phi) is 6.43. The van der Waals surface area contributed by atoms with Gasteiger partial charge in [-0.15, -0.1) is 0 Å². The van der Waals surface area contributed by atoms with E-state index in [1.807, 2.05) is 48.5 Å². The minimum Gasteiger partial charge on any atom is -0.489 e. The van der Waals surface area contributed by atoms with Crippen LogP contribution in [-0.4, -0.2) is 30.4 Å². The second-order valence-electron chi connectivity index (χ2n) is 8.00. The number of rotatable bonds is 8. The zero-order chi connectivity index (χ0) is 24.0. The number of hydrogen-bond donors (Lipinski definition) is 0. The number of halogens is 1. The molecule has 1 amide bonds. The lowest BCUT2D eigenvalue weighted by Crippen LogP contribution is -2.30. The maximum atomic E-state index is 13.4. The molecule has 0 radical (unpaired) electrons. The molecule has 0 bridgehead atoms. The molecule has 0 atom stereocenters. The van der Waals surface area contributed by atoms with Gasteiger partial charge in [0.1, 0.15) is 18.2 Å². The van der Waals surface area contributed by atoms with Gasteiger partial charge in [-0.05, 0) is 53.6 Å². The normalized spacial score (nSPS) is 10.9.